The minimum atomic E-state index is -0.147. The molecule has 0 radical (unpaired) electrons. The Kier molecular flexibility index (Phi) is 8.13. The Bertz CT molecular complexity index is 256. The number of amides is 1. The van der Waals surface area contributed by atoms with Gasteiger partial charge in [0.2, 0.25) is 5.91 Å². The highest BCUT2D eigenvalue weighted by Gasteiger charge is 2.16. The van der Waals surface area contributed by atoms with Gasteiger partial charge in [0.05, 0.1) is 0 Å². The highest BCUT2D eigenvalue weighted by atomic mass is 16.5. The smallest absolute Gasteiger partial charge is 0.222 e. The molecule has 0 bridgehead atoms. The van der Waals surface area contributed by atoms with E-state index in [4.69, 9.17) is 15.7 Å². The van der Waals surface area contributed by atoms with Gasteiger partial charge in [-0.25, -0.2) is 0 Å². The molecule has 0 heterocycles. The molecule has 0 saturated heterocycles. The quantitative estimate of drug-likeness (QED) is 0.216. The molecular formula is C11H23N3O3. The minimum absolute atomic E-state index is 0.0714. The van der Waals surface area contributed by atoms with Gasteiger partial charge in [-0.15, -0.1) is 0 Å². The van der Waals surface area contributed by atoms with Crippen LogP contribution in [0.25, 0.3) is 0 Å². The van der Waals surface area contributed by atoms with Gasteiger partial charge in [0.25, 0.3) is 0 Å². The number of rotatable bonds is 8. The van der Waals surface area contributed by atoms with E-state index in [0.717, 1.165) is 0 Å². The molecule has 1 amide bonds. The summed E-state index contributed by atoms with van der Waals surface area (Å²) in [6.07, 6.45) is 1.17. The molecule has 17 heavy (non-hydrogen) atoms. The van der Waals surface area contributed by atoms with Crippen LogP contribution in [0.15, 0.2) is 5.16 Å². The number of nitrogens with two attached hydrogens (primary N) is 1. The second-order valence-electron chi connectivity index (χ2n) is 3.95. The van der Waals surface area contributed by atoms with Crippen molar-refractivity contribution in [1.29, 1.82) is 0 Å². The van der Waals surface area contributed by atoms with Crippen molar-refractivity contribution in [3.05, 3.63) is 0 Å². The monoisotopic (exact) mass is 245 g/mol. The lowest BCUT2D eigenvalue weighted by atomic mass is 10.1. The predicted molar refractivity (Wildman–Crippen MR) is 65.9 cm³/mol. The zero-order valence-corrected chi connectivity index (χ0v) is 10.8. The molecule has 0 rings (SSSR count). The Hall–Kier alpha value is -1.30. The lowest BCUT2D eigenvalue weighted by Crippen LogP contribution is -2.38. The first-order chi connectivity index (χ1) is 8.06. The first kappa shape index (κ1) is 15.7. The van der Waals surface area contributed by atoms with E-state index in [0.29, 0.717) is 32.5 Å². The molecule has 0 aromatic heterocycles. The van der Waals surface area contributed by atoms with E-state index < -0.39 is 0 Å². The zero-order chi connectivity index (χ0) is 13.3. The SMILES string of the molecule is CCN(CC(C)C(N)=NO)C(=O)CCCOC. The second kappa shape index (κ2) is 8.81. The van der Waals surface area contributed by atoms with E-state index >= 15 is 0 Å². The zero-order valence-electron chi connectivity index (χ0n) is 10.8. The summed E-state index contributed by atoms with van der Waals surface area (Å²) in [5, 5.41) is 11.5. The predicted octanol–water partition coefficient (Wildman–Crippen LogP) is 0.644. The number of ether oxygens (including phenoxy) is 1. The van der Waals surface area contributed by atoms with Crippen LogP contribution in [0, 0.1) is 5.92 Å². The summed E-state index contributed by atoms with van der Waals surface area (Å²) in [6.45, 7) is 5.40. The third-order valence-corrected chi connectivity index (χ3v) is 2.59. The molecule has 0 fully saturated rings. The maximum atomic E-state index is 11.8. The van der Waals surface area contributed by atoms with Crippen molar-refractivity contribution in [1.82, 2.24) is 4.90 Å². The second-order valence-corrected chi connectivity index (χ2v) is 3.95. The van der Waals surface area contributed by atoms with E-state index in [1.54, 1.807) is 12.0 Å². The molecular weight excluding hydrogens is 222 g/mol. The number of hydrogen-bond donors (Lipinski definition) is 2. The van der Waals surface area contributed by atoms with Crippen LogP contribution >= 0.6 is 0 Å². The Morgan fingerprint density at radius 1 is 1.59 bits per heavy atom. The van der Waals surface area contributed by atoms with Crippen molar-refractivity contribution in [2.24, 2.45) is 16.8 Å². The van der Waals surface area contributed by atoms with Crippen molar-refractivity contribution < 1.29 is 14.7 Å². The van der Waals surface area contributed by atoms with Crippen LogP contribution in [0.1, 0.15) is 26.7 Å². The van der Waals surface area contributed by atoms with Crippen LogP contribution < -0.4 is 5.73 Å². The fourth-order valence-corrected chi connectivity index (χ4v) is 1.46. The Labute approximate surface area is 102 Å². The fourth-order valence-electron chi connectivity index (χ4n) is 1.46. The van der Waals surface area contributed by atoms with Gasteiger partial charge in [0, 0.05) is 39.1 Å². The fraction of sp³-hybridized carbons (Fsp3) is 0.818. The van der Waals surface area contributed by atoms with E-state index in [1.165, 1.54) is 0 Å². The highest BCUT2D eigenvalue weighted by molar-refractivity contribution is 5.83. The van der Waals surface area contributed by atoms with Crippen LogP contribution in [0.3, 0.4) is 0 Å². The third kappa shape index (κ3) is 6.11. The van der Waals surface area contributed by atoms with Gasteiger partial charge in [0.15, 0.2) is 0 Å². The lowest BCUT2D eigenvalue weighted by Gasteiger charge is -2.24. The molecule has 1 atom stereocenters. The number of amidine groups is 1. The van der Waals surface area contributed by atoms with Crippen LogP contribution in [0.5, 0.6) is 0 Å². The lowest BCUT2D eigenvalue weighted by molar-refractivity contribution is -0.131. The number of carbonyl (C=O) groups is 1. The third-order valence-electron chi connectivity index (χ3n) is 2.59. The van der Waals surface area contributed by atoms with Gasteiger partial charge in [0.1, 0.15) is 5.84 Å². The molecule has 0 aliphatic carbocycles. The van der Waals surface area contributed by atoms with E-state index in [-0.39, 0.29) is 17.7 Å². The topological polar surface area (TPSA) is 88.1 Å². The number of carbonyl (C=O) groups excluding carboxylic acids is 1. The van der Waals surface area contributed by atoms with Crippen LogP contribution in [0.4, 0.5) is 0 Å². The largest absolute Gasteiger partial charge is 0.409 e. The van der Waals surface area contributed by atoms with Crippen molar-refractivity contribution >= 4 is 11.7 Å². The van der Waals surface area contributed by atoms with Gasteiger partial charge in [-0.1, -0.05) is 12.1 Å². The first-order valence-electron chi connectivity index (χ1n) is 5.80. The van der Waals surface area contributed by atoms with Gasteiger partial charge in [-0.05, 0) is 13.3 Å². The number of nitrogens with zero attached hydrogens (tertiary/aromatic N) is 2. The summed E-state index contributed by atoms with van der Waals surface area (Å²) in [7, 11) is 1.61. The van der Waals surface area contributed by atoms with E-state index in [1.807, 2.05) is 13.8 Å². The van der Waals surface area contributed by atoms with Crippen LogP contribution in [-0.2, 0) is 9.53 Å². The standard InChI is InChI=1S/C11H23N3O3/c1-4-14(8-9(2)11(12)13-16)10(15)6-5-7-17-3/h9,16H,4-8H2,1-3H3,(H2,12,13). The van der Waals surface area contributed by atoms with Gasteiger partial charge in [-0.3, -0.25) is 4.79 Å². The molecule has 0 aromatic rings. The van der Waals surface area contributed by atoms with Gasteiger partial charge >= 0.3 is 0 Å². The van der Waals surface area contributed by atoms with Crippen LogP contribution in [-0.4, -0.2) is 48.7 Å². The van der Waals surface area contributed by atoms with E-state index in [9.17, 15) is 4.79 Å². The number of methoxy groups -OCH3 is 1. The van der Waals surface area contributed by atoms with Crippen molar-refractivity contribution in [2.45, 2.75) is 26.7 Å². The minimum Gasteiger partial charge on any atom is -0.409 e. The molecule has 0 aliphatic heterocycles. The summed E-state index contributed by atoms with van der Waals surface area (Å²) in [4.78, 5) is 13.5. The Morgan fingerprint density at radius 3 is 2.71 bits per heavy atom. The van der Waals surface area contributed by atoms with Crippen molar-refractivity contribution in [3.63, 3.8) is 0 Å². The number of hydrogen-bond acceptors (Lipinski definition) is 4. The van der Waals surface area contributed by atoms with Gasteiger partial charge < -0.3 is 20.6 Å². The molecule has 0 aliphatic rings. The summed E-state index contributed by atoms with van der Waals surface area (Å²) in [6, 6.07) is 0. The summed E-state index contributed by atoms with van der Waals surface area (Å²) >= 11 is 0. The summed E-state index contributed by atoms with van der Waals surface area (Å²) in [5.74, 6) is 0.0709. The van der Waals surface area contributed by atoms with Crippen molar-refractivity contribution in [2.75, 3.05) is 26.8 Å². The molecule has 1 unspecified atom stereocenters. The average molecular weight is 245 g/mol. The molecule has 0 saturated carbocycles. The summed E-state index contributed by atoms with van der Waals surface area (Å²) in [5.41, 5.74) is 5.48. The molecule has 0 aromatic carbocycles. The highest BCUT2D eigenvalue weighted by Crippen LogP contribution is 2.04. The number of oxime groups is 1. The normalized spacial score (nSPS) is 13.5. The Morgan fingerprint density at radius 2 is 2.24 bits per heavy atom. The van der Waals surface area contributed by atoms with Crippen LogP contribution in [0.2, 0.25) is 0 Å². The maximum Gasteiger partial charge on any atom is 0.222 e. The molecule has 3 N–H and O–H groups in total. The average Bonchev–Trinajstić information content (AvgIpc) is 2.34. The van der Waals surface area contributed by atoms with Gasteiger partial charge in [-0.2, -0.15) is 0 Å². The molecule has 100 valence electrons. The molecule has 6 heteroatoms. The Balaban J connectivity index is 4.18. The van der Waals surface area contributed by atoms with Crippen molar-refractivity contribution in [3.8, 4) is 0 Å². The molecule has 6 nitrogen and oxygen atoms in total. The molecule has 0 spiro atoms. The first-order valence-corrected chi connectivity index (χ1v) is 5.80. The summed E-state index contributed by atoms with van der Waals surface area (Å²) < 4.78 is 4.90. The maximum absolute atomic E-state index is 11.8. The van der Waals surface area contributed by atoms with E-state index in [2.05, 4.69) is 5.16 Å².